The third-order valence-electron chi connectivity index (χ3n) is 4.89. The summed E-state index contributed by atoms with van der Waals surface area (Å²) in [7, 11) is 4.17. The van der Waals surface area contributed by atoms with Gasteiger partial charge in [-0.2, -0.15) is 0 Å². The van der Waals surface area contributed by atoms with E-state index in [2.05, 4.69) is 19.0 Å². The van der Waals surface area contributed by atoms with E-state index in [-0.39, 0.29) is 11.6 Å². The summed E-state index contributed by atoms with van der Waals surface area (Å²) in [5.74, 6) is 0. The van der Waals surface area contributed by atoms with E-state index in [4.69, 9.17) is 23.2 Å². The van der Waals surface area contributed by atoms with Crippen molar-refractivity contribution in [2.24, 2.45) is 0 Å². The topological polar surface area (TPSA) is 23.5 Å². The molecule has 118 valence electrons. The Labute approximate surface area is 138 Å². The van der Waals surface area contributed by atoms with Crippen LogP contribution in [0.5, 0.6) is 0 Å². The van der Waals surface area contributed by atoms with Gasteiger partial charge in [-0.05, 0) is 44.6 Å². The Balaban J connectivity index is 2.17. The first-order valence-corrected chi connectivity index (χ1v) is 8.51. The Morgan fingerprint density at radius 1 is 1.10 bits per heavy atom. The molecule has 1 fully saturated rings. The summed E-state index contributed by atoms with van der Waals surface area (Å²) in [5.41, 5.74) is 0.921. The zero-order valence-electron chi connectivity index (χ0n) is 12.9. The van der Waals surface area contributed by atoms with Crippen molar-refractivity contribution < 1.29 is 5.11 Å². The summed E-state index contributed by atoms with van der Waals surface area (Å²) in [4.78, 5) is 2.22. The number of halogens is 2. The maximum absolute atomic E-state index is 10.9. The van der Waals surface area contributed by atoms with Crippen LogP contribution >= 0.6 is 23.2 Å². The number of hydrogen-bond acceptors (Lipinski definition) is 2. The standard InChI is InChI=1S/C17H25Cl2NO/c1-20(2)17(9-5-3-4-6-10-17)16(21)12-13-7-8-14(18)15(19)11-13/h7-8,11,16,21H,3-6,9-10,12H2,1-2H3. The minimum Gasteiger partial charge on any atom is -0.391 e. The van der Waals surface area contributed by atoms with Crippen LogP contribution in [0.2, 0.25) is 10.0 Å². The van der Waals surface area contributed by atoms with Crippen LogP contribution in [0.1, 0.15) is 44.1 Å². The Morgan fingerprint density at radius 3 is 2.24 bits per heavy atom. The van der Waals surface area contributed by atoms with Crippen LogP contribution in [0.25, 0.3) is 0 Å². The summed E-state index contributed by atoms with van der Waals surface area (Å²) in [6, 6.07) is 5.63. The van der Waals surface area contributed by atoms with Crippen molar-refractivity contribution in [3.63, 3.8) is 0 Å². The first-order chi connectivity index (χ1) is 9.95. The van der Waals surface area contributed by atoms with Crippen LogP contribution < -0.4 is 0 Å². The lowest BCUT2D eigenvalue weighted by Crippen LogP contribution is -2.54. The van der Waals surface area contributed by atoms with Crippen molar-refractivity contribution >= 4 is 23.2 Å². The lowest BCUT2D eigenvalue weighted by Gasteiger charge is -2.43. The molecule has 0 bridgehead atoms. The van der Waals surface area contributed by atoms with E-state index >= 15 is 0 Å². The molecule has 2 nitrogen and oxygen atoms in total. The molecule has 0 radical (unpaired) electrons. The van der Waals surface area contributed by atoms with Crippen LogP contribution in [0.4, 0.5) is 0 Å². The highest BCUT2D eigenvalue weighted by molar-refractivity contribution is 6.42. The molecular weight excluding hydrogens is 305 g/mol. The predicted octanol–water partition coefficient (Wildman–Crippen LogP) is 4.55. The molecule has 1 atom stereocenters. The lowest BCUT2D eigenvalue weighted by atomic mass is 9.80. The van der Waals surface area contributed by atoms with Gasteiger partial charge in [0.15, 0.2) is 0 Å². The van der Waals surface area contributed by atoms with Gasteiger partial charge in [-0.25, -0.2) is 0 Å². The van der Waals surface area contributed by atoms with E-state index in [0.717, 1.165) is 18.4 Å². The summed E-state index contributed by atoms with van der Waals surface area (Å²) < 4.78 is 0. The molecule has 0 amide bonds. The Hall–Kier alpha value is -0.280. The first-order valence-electron chi connectivity index (χ1n) is 7.75. The molecule has 0 aromatic heterocycles. The highest BCUT2D eigenvalue weighted by Gasteiger charge is 2.39. The Bertz CT molecular complexity index is 468. The van der Waals surface area contributed by atoms with Gasteiger partial charge in [0.2, 0.25) is 0 Å². The molecule has 1 aliphatic carbocycles. The molecule has 0 aliphatic heterocycles. The van der Waals surface area contributed by atoms with Crippen molar-refractivity contribution in [3.8, 4) is 0 Å². The average Bonchev–Trinajstić information content (AvgIpc) is 2.69. The van der Waals surface area contributed by atoms with Crippen LogP contribution in [0.15, 0.2) is 18.2 Å². The van der Waals surface area contributed by atoms with E-state index in [0.29, 0.717) is 16.5 Å². The van der Waals surface area contributed by atoms with Gasteiger partial charge in [0.05, 0.1) is 16.1 Å². The smallest absolute Gasteiger partial charge is 0.0763 e. The SMILES string of the molecule is CN(C)C1(C(O)Cc2ccc(Cl)c(Cl)c2)CCCCCC1. The molecule has 1 aromatic rings. The maximum atomic E-state index is 10.9. The molecule has 4 heteroatoms. The van der Waals surface area contributed by atoms with Crippen molar-refractivity contribution in [1.29, 1.82) is 0 Å². The fourth-order valence-electron chi connectivity index (χ4n) is 3.50. The molecule has 0 spiro atoms. The summed E-state index contributed by atoms with van der Waals surface area (Å²) in [6.45, 7) is 0. The fraction of sp³-hybridized carbons (Fsp3) is 0.647. The molecule has 0 heterocycles. The second-order valence-corrected chi connectivity index (χ2v) is 7.19. The minimum atomic E-state index is -0.386. The maximum Gasteiger partial charge on any atom is 0.0763 e. The highest BCUT2D eigenvalue weighted by atomic mass is 35.5. The zero-order chi connectivity index (χ0) is 15.5. The van der Waals surface area contributed by atoms with E-state index in [1.807, 2.05) is 12.1 Å². The van der Waals surface area contributed by atoms with Gasteiger partial charge in [-0.3, -0.25) is 0 Å². The number of aliphatic hydroxyl groups excluding tert-OH is 1. The van der Waals surface area contributed by atoms with Gasteiger partial charge in [0, 0.05) is 12.0 Å². The highest BCUT2D eigenvalue weighted by Crippen LogP contribution is 2.35. The number of likely N-dealkylation sites (N-methyl/N-ethyl adjacent to an activating group) is 1. The van der Waals surface area contributed by atoms with Crippen molar-refractivity contribution in [2.45, 2.75) is 56.6 Å². The average molecular weight is 330 g/mol. The van der Waals surface area contributed by atoms with E-state index in [9.17, 15) is 5.11 Å². The van der Waals surface area contributed by atoms with Crippen molar-refractivity contribution in [3.05, 3.63) is 33.8 Å². The first kappa shape index (κ1) is 17.1. The molecule has 2 rings (SSSR count). The lowest BCUT2D eigenvalue weighted by molar-refractivity contribution is -0.0174. The normalized spacial score (nSPS) is 20.3. The largest absolute Gasteiger partial charge is 0.391 e. The van der Waals surface area contributed by atoms with Gasteiger partial charge in [0.25, 0.3) is 0 Å². The van der Waals surface area contributed by atoms with Gasteiger partial charge in [-0.1, -0.05) is 55.0 Å². The van der Waals surface area contributed by atoms with E-state index in [1.54, 1.807) is 6.07 Å². The molecule has 1 unspecified atom stereocenters. The number of hydrogen-bond donors (Lipinski definition) is 1. The van der Waals surface area contributed by atoms with E-state index < -0.39 is 0 Å². The van der Waals surface area contributed by atoms with Gasteiger partial charge >= 0.3 is 0 Å². The molecule has 1 aliphatic rings. The second kappa shape index (κ2) is 7.32. The van der Waals surface area contributed by atoms with Crippen molar-refractivity contribution in [1.82, 2.24) is 4.90 Å². The number of nitrogens with zero attached hydrogens (tertiary/aromatic N) is 1. The summed E-state index contributed by atoms with van der Waals surface area (Å²) in [5, 5.41) is 12.0. The Morgan fingerprint density at radius 2 is 1.71 bits per heavy atom. The third-order valence-corrected chi connectivity index (χ3v) is 5.63. The predicted molar refractivity (Wildman–Crippen MR) is 90.3 cm³/mol. The van der Waals surface area contributed by atoms with E-state index in [1.165, 1.54) is 25.7 Å². The molecule has 1 aromatic carbocycles. The molecule has 1 N–H and O–H groups in total. The van der Waals surface area contributed by atoms with Crippen LogP contribution in [-0.2, 0) is 6.42 Å². The third kappa shape index (κ3) is 3.92. The molecular formula is C17H25Cl2NO. The number of rotatable bonds is 4. The summed E-state index contributed by atoms with van der Waals surface area (Å²) in [6.07, 6.45) is 7.28. The van der Waals surface area contributed by atoms with Crippen molar-refractivity contribution in [2.75, 3.05) is 14.1 Å². The zero-order valence-corrected chi connectivity index (χ0v) is 14.4. The molecule has 1 saturated carbocycles. The van der Waals surface area contributed by atoms with Crippen LogP contribution in [0, 0.1) is 0 Å². The molecule has 0 saturated heterocycles. The Kier molecular flexibility index (Phi) is 5.96. The monoisotopic (exact) mass is 329 g/mol. The fourth-order valence-corrected chi connectivity index (χ4v) is 3.82. The van der Waals surface area contributed by atoms with Gasteiger partial charge in [0.1, 0.15) is 0 Å². The second-order valence-electron chi connectivity index (χ2n) is 6.38. The number of benzene rings is 1. The molecule has 21 heavy (non-hydrogen) atoms. The summed E-state index contributed by atoms with van der Waals surface area (Å²) >= 11 is 12.0. The van der Waals surface area contributed by atoms with Gasteiger partial charge < -0.3 is 10.0 Å². The quantitative estimate of drug-likeness (QED) is 0.819. The minimum absolute atomic E-state index is 0.122. The number of aliphatic hydroxyl groups is 1. The van der Waals surface area contributed by atoms with Crippen LogP contribution in [-0.4, -0.2) is 35.7 Å². The van der Waals surface area contributed by atoms with Crippen LogP contribution in [0.3, 0.4) is 0 Å². The van der Waals surface area contributed by atoms with Gasteiger partial charge in [-0.15, -0.1) is 0 Å².